The van der Waals surface area contributed by atoms with Crippen molar-refractivity contribution >= 4 is 5.91 Å². The van der Waals surface area contributed by atoms with Gasteiger partial charge in [-0.05, 0) is 64.2 Å². The first-order valence-electron chi connectivity index (χ1n) is 16.5. The Morgan fingerprint density at radius 2 is 1.12 bits per heavy atom. The summed E-state index contributed by atoms with van der Waals surface area (Å²) < 4.78 is 0. The molecule has 4 nitrogen and oxygen atoms in total. The molecule has 0 aromatic rings. The Kier molecular flexibility index (Phi) is 30.1. The van der Waals surface area contributed by atoms with Gasteiger partial charge in [0, 0.05) is 6.42 Å². The number of unbranched alkanes of at least 4 members (excludes halogenated alkanes) is 13. The number of aliphatic hydroxyl groups is 2. The Hall–Kier alpha value is -1.91. The van der Waals surface area contributed by atoms with E-state index < -0.39 is 12.1 Å². The molecule has 1 amide bonds. The summed E-state index contributed by atoms with van der Waals surface area (Å²) in [6.07, 6.45) is 43.0. The molecule has 2 atom stereocenters. The highest BCUT2D eigenvalue weighted by atomic mass is 16.3. The van der Waals surface area contributed by atoms with Gasteiger partial charge >= 0.3 is 0 Å². The number of nitrogens with one attached hydrogen (secondary N) is 1. The summed E-state index contributed by atoms with van der Waals surface area (Å²) in [6, 6.07) is -0.653. The van der Waals surface area contributed by atoms with Gasteiger partial charge < -0.3 is 15.5 Å². The number of allylic oxidation sites excluding steroid dienone is 9. The Balaban J connectivity index is 3.79. The minimum absolute atomic E-state index is 0.108. The molecule has 0 saturated heterocycles. The lowest BCUT2D eigenvalue weighted by Gasteiger charge is -2.19. The zero-order valence-electron chi connectivity index (χ0n) is 26.1. The quantitative estimate of drug-likeness (QED) is 0.0663. The van der Waals surface area contributed by atoms with Gasteiger partial charge in [-0.25, -0.2) is 0 Å². The second-order valence-electron chi connectivity index (χ2n) is 10.8. The van der Waals surface area contributed by atoms with Crippen LogP contribution in [0.2, 0.25) is 0 Å². The summed E-state index contributed by atoms with van der Waals surface area (Å²) in [5.41, 5.74) is 0. The van der Waals surface area contributed by atoms with Crippen molar-refractivity contribution in [2.75, 3.05) is 6.61 Å². The number of rotatable bonds is 28. The van der Waals surface area contributed by atoms with Crippen molar-refractivity contribution in [3.05, 3.63) is 60.8 Å². The standard InChI is InChI=1S/C36H63NO3/c1-3-5-7-9-11-13-15-17-18-20-21-23-25-27-29-31-35(39)34(33-38)37-36(40)32-30-28-26-24-22-19-16-14-12-10-8-6-4-2/h6,8,12,14,19,21-23,29,31,34-35,38-39H,3-5,7,9-11,13,15-18,20,24-28,30,32-33H2,1-2H3,(H,37,40)/b8-6-,14-12-,22-19-,23-21+,31-29+. The summed E-state index contributed by atoms with van der Waals surface area (Å²) in [5, 5.41) is 22.8. The van der Waals surface area contributed by atoms with Crippen molar-refractivity contribution in [1.82, 2.24) is 5.32 Å². The van der Waals surface area contributed by atoms with Crippen LogP contribution in [-0.2, 0) is 4.79 Å². The molecule has 3 N–H and O–H groups in total. The second kappa shape index (κ2) is 31.6. The maximum Gasteiger partial charge on any atom is 0.220 e. The van der Waals surface area contributed by atoms with Crippen LogP contribution in [0.4, 0.5) is 0 Å². The first-order chi connectivity index (χ1) is 19.7. The van der Waals surface area contributed by atoms with Gasteiger partial charge in [0.2, 0.25) is 5.91 Å². The van der Waals surface area contributed by atoms with E-state index in [9.17, 15) is 15.0 Å². The normalized spacial score (nSPS) is 14.0. The third-order valence-electron chi connectivity index (χ3n) is 6.98. The fraction of sp³-hybridized carbons (Fsp3) is 0.694. The van der Waals surface area contributed by atoms with Gasteiger partial charge in [-0.2, -0.15) is 0 Å². The van der Waals surface area contributed by atoms with E-state index >= 15 is 0 Å². The van der Waals surface area contributed by atoms with E-state index in [0.717, 1.165) is 64.2 Å². The monoisotopic (exact) mass is 557 g/mol. The lowest BCUT2D eigenvalue weighted by Crippen LogP contribution is -2.45. The summed E-state index contributed by atoms with van der Waals surface area (Å²) >= 11 is 0. The van der Waals surface area contributed by atoms with Crippen LogP contribution in [0.15, 0.2) is 60.8 Å². The molecule has 0 radical (unpaired) electrons. The molecule has 0 rings (SSSR count). The van der Waals surface area contributed by atoms with E-state index in [0.29, 0.717) is 6.42 Å². The molecule has 4 heteroatoms. The molecule has 0 aliphatic heterocycles. The van der Waals surface area contributed by atoms with Crippen LogP contribution in [0.1, 0.15) is 142 Å². The van der Waals surface area contributed by atoms with E-state index in [-0.39, 0.29) is 12.5 Å². The van der Waals surface area contributed by atoms with Crippen LogP contribution in [0.25, 0.3) is 0 Å². The Labute approximate surface area is 247 Å². The summed E-state index contributed by atoms with van der Waals surface area (Å²) in [4.78, 5) is 12.2. The molecule has 0 aliphatic rings. The van der Waals surface area contributed by atoms with Gasteiger partial charge in [0.25, 0.3) is 0 Å². The number of hydrogen-bond donors (Lipinski definition) is 3. The highest BCUT2D eigenvalue weighted by molar-refractivity contribution is 5.76. The van der Waals surface area contributed by atoms with E-state index in [2.05, 4.69) is 67.8 Å². The average molecular weight is 558 g/mol. The predicted molar refractivity (Wildman–Crippen MR) is 174 cm³/mol. The molecule has 0 bridgehead atoms. The van der Waals surface area contributed by atoms with Crippen LogP contribution in [-0.4, -0.2) is 34.9 Å². The third-order valence-corrected chi connectivity index (χ3v) is 6.98. The SMILES string of the molecule is CC/C=C\C/C=C\C/C=C\CCCCCC(=O)NC(CO)C(O)/C=C/CC/C=C/CCCCCCCCCCC. The maximum atomic E-state index is 12.2. The van der Waals surface area contributed by atoms with Crippen molar-refractivity contribution in [1.29, 1.82) is 0 Å². The van der Waals surface area contributed by atoms with Crippen LogP contribution < -0.4 is 5.32 Å². The highest BCUT2D eigenvalue weighted by Crippen LogP contribution is 2.11. The number of aliphatic hydroxyl groups excluding tert-OH is 2. The average Bonchev–Trinajstić information content (AvgIpc) is 2.96. The van der Waals surface area contributed by atoms with Crippen LogP contribution in [0.5, 0.6) is 0 Å². The summed E-state index contributed by atoms with van der Waals surface area (Å²) in [7, 11) is 0. The number of hydrogen-bond acceptors (Lipinski definition) is 3. The predicted octanol–water partition coefficient (Wildman–Crippen LogP) is 9.45. The van der Waals surface area contributed by atoms with E-state index in [4.69, 9.17) is 0 Å². The molecule has 0 saturated carbocycles. The molecule has 0 aromatic heterocycles. The first kappa shape index (κ1) is 38.1. The van der Waals surface area contributed by atoms with Gasteiger partial charge in [0.1, 0.15) is 0 Å². The number of amides is 1. The Bertz CT molecular complexity index is 692. The lowest BCUT2D eigenvalue weighted by molar-refractivity contribution is -0.123. The third kappa shape index (κ3) is 27.6. The van der Waals surface area contributed by atoms with E-state index in [1.54, 1.807) is 6.08 Å². The Morgan fingerprint density at radius 3 is 1.75 bits per heavy atom. The minimum atomic E-state index is -0.873. The van der Waals surface area contributed by atoms with Crippen molar-refractivity contribution in [2.45, 2.75) is 154 Å². The zero-order chi connectivity index (χ0) is 29.4. The van der Waals surface area contributed by atoms with Crippen molar-refractivity contribution < 1.29 is 15.0 Å². The molecule has 0 aliphatic carbocycles. The highest BCUT2D eigenvalue weighted by Gasteiger charge is 2.17. The number of carbonyl (C=O) groups excluding carboxylic acids is 1. The fourth-order valence-corrected chi connectivity index (χ4v) is 4.44. The summed E-state index contributed by atoms with van der Waals surface area (Å²) in [5.74, 6) is -0.108. The molecule has 0 fully saturated rings. The topological polar surface area (TPSA) is 69.6 Å². The van der Waals surface area contributed by atoms with Gasteiger partial charge in [-0.15, -0.1) is 0 Å². The molecule has 230 valence electrons. The fourth-order valence-electron chi connectivity index (χ4n) is 4.44. The van der Waals surface area contributed by atoms with E-state index in [1.165, 1.54) is 57.8 Å². The van der Waals surface area contributed by atoms with E-state index in [1.807, 2.05) is 6.08 Å². The molecule has 0 aromatic carbocycles. The largest absolute Gasteiger partial charge is 0.394 e. The van der Waals surface area contributed by atoms with Crippen molar-refractivity contribution in [3.8, 4) is 0 Å². The molecular formula is C36H63NO3. The maximum absolute atomic E-state index is 12.2. The smallest absolute Gasteiger partial charge is 0.220 e. The number of carbonyl (C=O) groups is 1. The second-order valence-corrected chi connectivity index (χ2v) is 10.8. The first-order valence-corrected chi connectivity index (χ1v) is 16.5. The minimum Gasteiger partial charge on any atom is -0.394 e. The molecule has 40 heavy (non-hydrogen) atoms. The molecule has 0 spiro atoms. The van der Waals surface area contributed by atoms with Gasteiger partial charge in [0.05, 0.1) is 18.8 Å². The van der Waals surface area contributed by atoms with Crippen LogP contribution in [0, 0.1) is 0 Å². The summed E-state index contributed by atoms with van der Waals surface area (Å²) in [6.45, 7) is 4.13. The van der Waals surface area contributed by atoms with Crippen molar-refractivity contribution in [2.24, 2.45) is 0 Å². The van der Waals surface area contributed by atoms with Crippen LogP contribution >= 0.6 is 0 Å². The molecule has 2 unspecified atom stereocenters. The van der Waals surface area contributed by atoms with Gasteiger partial charge in [-0.3, -0.25) is 4.79 Å². The van der Waals surface area contributed by atoms with Crippen molar-refractivity contribution in [3.63, 3.8) is 0 Å². The zero-order valence-corrected chi connectivity index (χ0v) is 26.1. The van der Waals surface area contributed by atoms with Gasteiger partial charge in [-0.1, -0.05) is 132 Å². The van der Waals surface area contributed by atoms with Crippen LogP contribution in [0.3, 0.4) is 0 Å². The molecular weight excluding hydrogens is 494 g/mol. The van der Waals surface area contributed by atoms with Gasteiger partial charge in [0.15, 0.2) is 0 Å². The molecule has 0 heterocycles. The lowest BCUT2D eigenvalue weighted by atomic mass is 10.1. The Morgan fingerprint density at radius 1 is 0.625 bits per heavy atom.